The lowest BCUT2D eigenvalue weighted by molar-refractivity contribution is 0.661. The minimum atomic E-state index is -0.0239. The van der Waals surface area contributed by atoms with E-state index in [1.165, 1.54) is 66.8 Å². The molecule has 1 aliphatic heterocycles. The van der Waals surface area contributed by atoms with Crippen molar-refractivity contribution in [3.05, 3.63) is 120 Å². The van der Waals surface area contributed by atoms with Gasteiger partial charge in [-0.3, -0.25) is 0 Å². The number of fused-ring (bicyclic) bond motifs is 8. The van der Waals surface area contributed by atoms with Crippen LogP contribution in [0.2, 0.25) is 0 Å². The molecule has 1 aliphatic carbocycles. The number of para-hydroxylation sites is 4. The summed E-state index contributed by atoms with van der Waals surface area (Å²) in [7, 11) is 0. The van der Waals surface area contributed by atoms with Crippen molar-refractivity contribution in [2.24, 2.45) is 0 Å². The molecule has 35 heavy (non-hydrogen) atoms. The Morgan fingerprint density at radius 3 is 2.11 bits per heavy atom. The third-order valence-electron chi connectivity index (χ3n) is 8.09. The minimum absolute atomic E-state index is 0.0239. The number of aromatic nitrogens is 1. The van der Waals surface area contributed by atoms with Gasteiger partial charge in [0.1, 0.15) is 0 Å². The number of rotatable bonds is 1. The van der Waals surface area contributed by atoms with Gasteiger partial charge in [0.2, 0.25) is 0 Å². The van der Waals surface area contributed by atoms with Gasteiger partial charge >= 0.3 is 0 Å². The lowest BCUT2D eigenvalue weighted by atomic mass is 9.82. The molecule has 2 heteroatoms. The van der Waals surface area contributed by atoms with Crippen LogP contribution < -0.4 is 4.90 Å². The van der Waals surface area contributed by atoms with Gasteiger partial charge in [-0.05, 0) is 64.7 Å². The Morgan fingerprint density at radius 1 is 0.543 bits per heavy atom. The Kier molecular flexibility index (Phi) is 3.50. The van der Waals surface area contributed by atoms with E-state index in [0.717, 1.165) is 0 Å². The quantitative estimate of drug-likeness (QED) is 0.243. The fourth-order valence-electron chi connectivity index (χ4n) is 6.50. The highest BCUT2D eigenvalue weighted by Crippen LogP contribution is 2.54. The molecule has 0 radical (unpaired) electrons. The highest BCUT2D eigenvalue weighted by molar-refractivity contribution is 6.17. The van der Waals surface area contributed by atoms with Gasteiger partial charge in [0, 0.05) is 21.9 Å². The van der Waals surface area contributed by atoms with E-state index in [1.807, 2.05) is 0 Å². The van der Waals surface area contributed by atoms with E-state index >= 15 is 0 Å². The zero-order valence-corrected chi connectivity index (χ0v) is 19.8. The smallest absolute Gasteiger partial charge is 0.0783 e. The second-order valence-electron chi connectivity index (χ2n) is 10.3. The minimum Gasteiger partial charge on any atom is -0.306 e. The number of hydrogen-bond donors (Lipinski definition) is 0. The molecule has 0 saturated heterocycles. The van der Waals surface area contributed by atoms with Crippen LogP contribution in [-0.4, -0.2) is 4.57 Å². The van der Waals surface area contributed by atoms with Gasteiger partial charge in [-0.1, -0.05) is 80.6 Å². The van der Waals surface area contributed by atoms with Crippen molar-refractivity contribution in [1.82, 2.24) is 4.57 Å². The van der Waals surface area contributed by atoms with E-state index in [4.69, 9.17) is 0 Å². The first kappa shape index (κ1) is 19.1. The molecule has 1 aromatic heterocycles. The Balaban J connectivity index is 1.54. The molecule has 0 amide bonds. The zero-order chi connectivity index (χ0) is 23.3. The maximum Gasteiger partial charge on any atom is 0.0783 e. The van der Waals surface area contributed by atoms with E-state index in [2.05, 4.69) is 133 Å². The summed E-state index contributed by atoms with van der Waals surface area (Å²) in [4.78, 5) is 2.41. The molecule has 0 bridgehead atoms. The zero-order valence-electron chi connectivity index (χ0n) is 19.8. The van der Waals surface area contributed by atoms with Gasteiger partial charge in [-0.15, -0.1) is 0 Å². The molecule has 6 aromatic rings. The molecule has 0 N–H and O–H groups in total. The van der Waals surface area contributed by atoms with E-state index in [0.29, 0.717) is 0 Å². The molecule has 0 fully saturated rings. The molecule has 166 valence electrons. The van der Waals surface area contributed by atoms with Crippen LogP contribution in [0.25, 0.3) is 38.6 Å². The van der Waals surface area contributed by atoms with Crippen LogP contribution in [0.4, 0.5) is 17.1 Å². The van der Waals surface area contributed by atoms with E-state index in [9.17, 15) is 0 Å². The van der Waals surface area contributed by atoms with Crippen LogP contribution in [-0.2, 0) is 5.41 Å². The van der Waals surface area contributed by atoms with E-state index in [-0.39, 0.29) is 5.41 Å². The first-order chi connectivity index (χ1) is 17.1. The number of nitrogens with zero attached hydrogens (tertiary/aromatic N) is 2. The van der Waals surface area contributed by atoms with Crippen molar-refractivity contribution >= 4 is 38.9 Å². The predicted octanol–water partition coefficient (Wildman–Crippen LogP) is 8.87. The van der Waals surface area contributed by atoms with Crippen molar-refractivity contribution in [1.29, 1.82) is 0 Å². The summed E-state index contributed by atoms with van der Waals surface area (Å²) < 4.78 is 2.49. The van der Waals surface area contributed by atoms with Crippen LogP contribution in [0.5, 0.6) is 0 Å². The molecule has 0 spiro atoms. The number of hydrogen-bond acceptors (Lipinski definition) is 1. The average Bonchev–Trinajstić information content (AvgIpc) is 3.34. The van der Waals surface area contributed by atoms with Crippen LogP contribution in [0.3, 0.4) is 0 Å². The van der Waals surface area contributed by atoms with Gasteiger partial charge in [0.05, 0.1) is 28.1 Å². The van der Waals surface area contributed by atoms with Crippen molar-refractivity contribution in [3.8, 4) is 16.8 Å². The van der Waals surface area contributed by atoms with Crippen LogP contribution in [0.1, 0.15) is 25.0 Å². The summed E-state index contributed by atoms with van der Waals surface area (Å²) in [6, 6.07) is 40.1. The van der Waals surface area contributed by atoms with Gasteiger partial charge in [-0.2, -0.15) is 0 Å². The van der Waals surface area contributed by atoms with E-state index < -0.39 is 0 Å². The maximum absolute atomic E-state index is 2.49. The monoisotopic (exact) mass is 448 g/mol. The average molecular weight is 449 g/mol. The normalized spacial score (nSPS) is 14.7. The fourth-order valence-corrected chi connectivity index (χ4v) is 6.50. The standard InChI is InChI=1S/C33H24N2/c1-33(2)26-15-7-6-13-22(26)24-19-25-23-14-10-18-30-32(23)35(31(25)20-27(24)33)29-17-9-8-16-28(29)34(30)21-11-4-3-5-12-21/h3-20H,1-2H3. The summed E-state index contributed by atoms with van der Waals surface area (Å²) in [5.74, 6) is 0. The third-order valence-corrected chi connectivity index (χ3v) is 8.09. The highest BCUT2D eigenvalue weighted by atomic mass is 15.2. The van der Waals surface area contributed by atoms with Gasteiger partial charge < -0.3 is 9.47 Å². The predicted molar refractivity (Wildman–Crippen MR) is 147 cm³/mol. The molecule has 2 heterocycles. The van der Waals surface area contributed by atoms with Crippen molar-refractivity contribution in [2.75, 3.05) is 4.90 Å². The topological polar surface area (TPSA) is 8.17 Å². The van der Waals surface area contributed by atoms with Crippen LogP contribution >= 0.6 is 0 Å². The highest BCUT2D eigenvalue weighted by Gasteiger charge is 2.37. The van der Waals surface area contributed by atoms with Gasteiger partial charge in [-0.25, -0.2) is 0 Å². The summed E-state index contributed by atoms with van der Waals surface area (Å²) in [5, 5.41) is 2.62. The van der Waals surface area contributed by atoms with Crippen LogP contribution in [0.15, 0.2) is 109 Å². The number of benzene rings is 5. The summed E-state index contributed by atoms with van der Waals surface area (Å²) >= 11 is 0. The molecule has 8 rings (SSSR count). The van der Waals surface area contributed by atoms with Crippen molar-refractivity contribution in [2.45, 2.75) is 19.3 Å². The summed E-state index contributed by atoms with van der Waals surface area (Å²) in [5.41, 5.74) is 12.9. The molecular formula is C33H24N2. The Hall–Kier alpha value is -4.30. The Bertz CT molecular complexity index is 1820. The largest absolute Gasteiger partial charge is 0.306 e. The molecule has 2 aliphatic rings. The molecular weight excluding hydrogens is 424 g/mol. The first-order valence-electron chi connectivity index (χ1n) is 12.3. The maximum atomic E-state index is 2.49. The third kappa shape index (κ3) is 2.29. The Labute approximate surface area is 204 Å². The molecule has 2 nitrogen and oxygen atoms in total. The molecule has 5 aromatic carbocycles. The second kappa shape index (κ2) is 6.43. The van der Waals surface area contributed by atoms with Gasteiger partial charge in [0.15, 0.2) is 0 Å². The molecule has 0 atom stereocenters. The summed E-state index contributed by atoms with van der Waals surface area (Å²) in [6.07, 6.45) is 0. The molecule has 0 unspecified atom stereocenters. The SMILES string of the molecule is CC1(C)c2ccccc2-c2cc3c4cccc5c4n(c3cc21)-c1ccccc1N5c1ccccc1. The summed E-state index contributed by atoms with van der Waals surface area (Å²) in [6.45, 7) is 4.72. The van der Waals surface area contributed by atoms with E-state index in [1.54, 1.807) is 0 Å². The van der Waals surface area contributed by atoms with Crippen molar-refractivity contribution in [3.63, 3.8) is 0 Å². The lowest BCUT2D eigenvalue weighted by Crippen LogP contribution is -2.18. The number of anilines is 3. The fraction of sp³-hybridized carbons (Fsp3) is 0.0909. The van der Waals surface area contributed by atoms with Gasteiger partial charge in [0.25, 0.3) is 0 Å². The lowest BCUT2D eigenvalue weighted by Gasteiger charge is -2.33. The first-order valence-corrected chi connectivity index (χ1v) is 12.3. The van der Waals surface area contributed by atoms with Crippen LogP contribution in [0, 0.1) is 0 Å². The molecule has 0 saturated carbocycles. The second-order valence-corrected chi connectivity index (χ2v) is 10.3. The Morgan fingerprint density at radius 2 is 1.26 bits per heavy atom. The van der Waals surface area contributed by atoms with Crippen molar-refractivity contribution < 1.29 is 0 Å².